The standard InChI is InChI=1S/C5H10F3NO2S/c1-9-3-2-4-12(10,11)5(6,7)8/h1-4,9H2. The van der Waals surface area contributed by atoms with Crippen LogP contribution in [0, 0.1) is 7.05 Å². The lowest BCUT2D eigenvalue weighted by Crippen LogP contribution is -2.77. The molecule has 0 fully saturated rings. The predicted octanol–water partition coefficient (Wildman–Crippen LogP) is -0.334. The van der Waals surface area contributed by atoms with Crippen LogP contribution in [0.15, 0.2) is 0 Å². The molecular weight excluding hydrogens is 195 g/mol. The maximum atomic E-state index is 11.6. The van der Waals surface area contributed by atoms with Crippen LogP contribution in [0.3, 0.4) is 0 Å². The summed E-state index contributed by atoms with van der Waals surface area (Å²) < 4.78 is 55.7. The number of sulfone groups is 1. The summed E-state index contributed by atoms with van der Waals surface area (Å²) in [6.07, 6.45) is -0.0364. The van der Waals surface area contributed by atoms with Gasteiger partial charge in [-0.05, 0) is 0 Å². The molecule has 0 aliphatic carbocycles. The van der Waals surface area contributed by atoms with E-state index in [-0.39, 0.29) is 13.0 Å². The summed E-state index contributed by atoms with van der Waals surface area (Å²) in [5, 5.41) is 1.38. The van der Waals surface area contributed by atoms with Crippen molar-refractivity contribution in [2.45, 2.75) is 11.9 Å². The smallest absolute Gasteiger partial charge is 0.479 e. The van der Waals surface area contributed by atoms with Crippen molar-refractivity contribution in [1.29, 1.82) is 0 Å². The second-order valence-electron chi connectivity index (χ2n) is 2.20. The molecule has 12 heavy (non-hydrogen) atoms. The average Bonchev–Trinajstić information content (AvgIpc) is 1.85. The van der Waals surface area contributed by atoms with Gasteiger partial charge in [0.1, 0.15) is 0 Å². The molecule has 0 saturated heterocycles. The number of quaternary nitrogens is 1. The molecule has 3 nitrogen and oxygen atoms in total. The van der Waals surface area contributed by atoms with E-state index in [4.69, 9.17) is 0 Å². The molecule has 0 aromatic carbocycles. The van der Waals surface area contributed by atoms with Crippen LogP contribution in [0.4, 0.5) is 13.2 Å². The van der Waals surface area contributed by atoms with E-state index in [0.29, 0.717) is 0 Å². The van der Waals surface area contributed by atoms with Crippen LogP contribution >= 0.6 is 0 Å². The summed E-state index contributed by atoms with van der Waals surface area (Å²) in [6, 6.07) is 0. The van der Waals surface area contributed by atoms with Crippen LogP contribution in [0.2, 0.25) is 0 Å². The van der Waals surface area contributed by atoms with E-state index in [1.54, 1.807) is 0 Å². The second kappa shape index (κ2) is 4.08. The third-order valence-corrected chi connectivity index (χ3v) is 2.71. The number of rotatable bonds is 4. The van der Waals surface area contributed by atoms with E-state index in [1.165, 1.54) is 5.32 Å². The molecule has 0 bridgehead atoms. The summed E-state index contributed by atoms with van der Waals surface area (Å²) in [4.78, 5) is 0. The van der Waals surface area contributed by atoms with E-state index in [1.807, 2.05) is 0 Å². The predicted molar refractivity (Wildman–Crippen MR) is 36.6 cm³/mol. The molecular formula is C5H10F3NO2S. The fraction of sp³-hybridized carbons (Fsp3) is 0.800. The highest BCUT2D eigenvalue weighted by atomic mass is 32.2. The quantitative estimate of drug-likeness (QED) is 0.504. The Morgan fingerprint density at radius 1 is 1.33 bits per heavy atom. The highest BCUT2D eigenvalue weighted by molar-refractivity contribution is 7.92. The van der Waals surface area contributed by atoms with E-state index >= 15 is 0 Å². The molecule has 0 spiro atoms. The summed E-state index contributed by atoms with van der Waals surface area (Å²) in [5.41, 5.74) is -5.12. The summed E-state index contributed by atoms with van der Waals surface area (Å²) in [6.45, 7) is 0.273. The van der Waals surface area contributed by atoms with Crippen molar-refractivity contribution in [3.05, 3.63) is 7.05 Å². The van der Waals surface area contributed by atoms with Crippen molar-refractivity contribution in [2.24, 2.45) is 0 Å². The van der Waals surface area contributed by atoms with Crippen molar-refractivity contribution in [2.75, 3.05) is 12.3 Å². The topological polar surface area (TPSA) is 50.8 Å². The van der Waals surface area contributed by atoms with E-state index in [0.717, 1.165) is 0 Å². The lowest BCUT2D eigenvalue weighted by atomic mass is 10.5. The van der Waals surface area contributed by atoms with E-state index < -0.39 is 21.1 Å². The Morgan fingerprint density at radius 3 is 2.17 bits per heavy atom. The van der Waals surface area contributed by atoms with Crippen LogP contribution in [0.25, 0.3) is 0 Å². The van der Waals surface area contributed by atoms with Gasteiger partial charge in [0.2, 0.25) is 9.84 Å². The summed E-state index contributed by atoms with van der Waals surface area (Å²) >= 11 is 0. The molecule has 2 N–H and O–H groups in total. The van der Waals surface area contributed by atoms with E-state index in [9.17, 15) is 21.6 Å². The van der Waals surface area contributed by atoms with Gasteiger partial charge in [-0.15, -0.1) is 0 Å². The van der Waals surface area contributed by atoms with Crippen LogP contribution in [0.1, 0.15) is 6.42 Å². The third-order valence-electron chi connectivity index (χ3n) is 1.17. The Morgan fingerprint density at radius 2 is 1.83 bits per heavy atom. The van der Waals surface area contributed by atoms with Gasteiger partial charge >= 0.3 is 5.51 Å². The zero-order chi connectivity index (χ0) is 9.83. The molecule has 7 heteroatoms. The Balaban J connectivity index is 4.08. The first-order valence-corrected chi connectivity index (χ1v) is 4.86. The molecule has 0 radical (unpaired) electrons. The van der Waals surface area contributed by atoms with Gasteiger partial charge < -0.3 is 5.32 Å². The van der Waals surface area contributed by atoms with Gasteiger partial charge in [0.05, 0.1) is 12.3 Å². The molecule has 0 atom stereocenters. The molecule has 0 amide bonds. The Hall–Kier alpha value is -0.300. The maximum Gasteiger partial charge on any atom is 0.497 e. The number of hydrogen-bond donors (Lipinski definition) is 1. The maximum absolute atomic E-state index is 11.6. The summed E-state index contributed by atoms with van der Waals surface area (Å²) in [5.74, 6) is -0.859. The fourth-order valence-corrected chi connectivity index (χ4v) is 1.31. The lowest BCUT2D eigenvalue weighted by Gasteiger charge is -2.06. The molecule has 0 rings (SSSR count). The van der Waals surface area contributed by atoms with Crippen molar-refractivity contribution < 1.29 is 26.9 Å². The van der Waals surface area contributed by atoms with Crippen LogP contribution in [-0.2, 0) is 9.84 Å². The van der Waals surface area contributed by atoms with Crippen molar-refractivity contribution in [1.82, 2.24) is 0 Å². The Bertz CT molecular complexity index is 221. The van der Waals surface area contributed by atoms with Gasteiger partial charge in [-0.2, -0.15) is 20.2 Å². The second-order valence-corrected chi connectivity index (χ2v) is 4.30. The average molecular weight is 205 g/mol. The minimum atomic E-state index is -5.12. The molecule has 0 heterocycles. The zero-order valence-corrected chi connectivity index (χ0v) is 7.08. The molecule has 0 aromatic rings. The minimum Gasteiger partial charge on any atom is -0.479 e. The zero-order valence-electron chi connectivity index (χ0n) is 6.26. The number of halogens is 3. The van der Waals surface area contributed by atoms with Gasteiger partial charge in [0, 0.05) is 6.42 Å². The molecule has 74 valence electrons. The SMILES string of the molecule is [CH2-][NH2+]CCCS(=O)(=O)C(F)(F)F. The lowest BCUT2D eigenvalue weighted by molar-refractivity contribution is -0.595. The third kappa shape index (κ3) is 3.40. The number of hydrogen-bond acceptors (Lipinski definition) is 2. The van der Waals surface area contributed by atoms with Crippen LogP contribution in [0.5, 0.6) is 0 Å². The highest BCUT2D eigenvalue weighted by Gasteiger charge is 2.44. The van der Waals surface area contributed by atoms with Crippen LogP contribution < -0.4 is 5.32 Å². The number of nitrogens with two attached hydrogens (primary N) is 1. The van der Waals surface area contributed by atoms with Crippen molar-refractivity contribution in [3.63, 3.8) is 0 Å². The highest BCUT2D eigenvalue weighted by Crippen LogP contribution is 2.23. The molecule has 0 aliphatic heterocycles. The largest absolute Gasteiger partial charge is 0.497 e. The van der Waals surface area contributed by atoms with Gasteiger partial charge in [-0.1, -0.05) is 0 Å². The van der Waals surface area contributed by atoms with E-state index in [2.05, 4.69) is 7.05 Å². The van der Waals surface area contributed by atoms with Gasteiger partial charge in [-0.25, -0.2) is 8.42 Å². The first-order chi connectivity index (χ1) is 5.31. The van der Waals surface area contributed by atoms with Crippen molar-refractivity contribution in [3.8, 4) is 0 Å². The van der Waals surface area contributed by atoms with Crippen LogP contribution in [-0.4, -0.2) is 26.2 Å². The molecule has 0 saturated carbocycles. The monoisotopic (exact) mass is 205 g/mol. The fourth-order valence-electron chi connectivity index (χ4n) is 0.533. The summed E-state index contributed by atoms with van der Waals surface area (Å²) in [7, 11) is -1.65. The molecule has 0 unspecified atom stereocenters. The van der Waals surface area contributed by atoms with Gasteiger partial charge in [0.25, 0.3) is 0 Å². The first-order valence-electron chi connectivity index (χ1n) is 3.21. The number of alkyl halides is 3. The molecule has 0 aliphatic rings. The van der Waals surface area contributed by atoms with Gasteiger partial charge in [0.15, 0.2) is 0 Å². The Kier molecular flexibility index (Phi) is 3.98. The van der Waals surface area contributed by atoms with Crippen molar-refractivity contribution >= 4 is 9.84 Å². The van der Waals surface area contributed by atoms with Gasteiger partial charge in [-0.3, -0.25) is 0 Å². The minimum absolute atomic E-state index is 0.0364. The molecule has 0 aromatic heterocycles. The first kappa shape index (κ1) is 11.7. The normalized spacial score (nSPS) is 13.3. The Labute approximate surface area is 68.9 Å².